The molecule has 1 aromatic heterocycles. The molecule has 6 heteroatoms. The zero-order chi connectivity index (χ0) is 17.1. The molecule has 122 valence electrons. The SMILES string of the molecule is Cc1nn(CC(=O)NCc2ccccc2Cl)c(=O)c2ccccc12. The third kappa shape index (κ3) is 3.31. The summed E-state index contributed by atoms with van der Waals surface area (Å²) in [5.41, 5.74) is 1.26. The molecule has 5 nitrogen and oxygen atoms in total. The third-order valence-electron chi connectivity index (χ3n) is 3.78. The van der Waals surface area contributed by atoms with Crippen LogP contribution in [0.3, 0.4) is 0 Å². The van der Waals surface area contributed by atoms with E-state index in [1.807, 2.05) is 37.3 Å². The first-order chi connectivity index (χ1) is 11.6. The van der Waals surface area contributed by atoms with Gasteiger partial charge in [0.05, 0.1) is 11.1 Å². The van der Waals surface area contributed by atoms with Crippen LogP contribution < -0.4 is 10.9 Å². The van der Waals surface area contributed by atoms with Gasteiger partial charge in [0.15, 0.2) is 0 Å². The Hall–Kier alpha value is -2.66. The van der Waals surface area contributed by atoms with Crippen LogP contribution in [0, 0.1) is 6.92 Å². The number of nitrogens with one attached hydrogen (secondary N) is 1. The van der Waals surface area contributed by atoms with Gasteiger partial charge in [-0.15, -0.1) is 0 Å². The quantitative estimate of drug-likeness (QED) is 0.793. The molecule has 0 saturated carbocycles. The van der Waals surface area contributed by atoms with E-state index in [2.05, 4.69) is 10.4 Å². The Bertz CT molecular complexity index is 966. The number of nitrogens with zero attached hydrogens (tertiary/aromatic N) is 2. The maximum Gasteiger partial charge on any atom is 0.275 e. The predicted octanol–water partition coefficient (Wildman–Crippen LogP) is 2.67. The van der Waals surface area contributed by atoms with Crippen molar-refractivity contribution in [3.05, 3.63) is 75.2 Å². The van der Waals surface area contributed by atoms with Crippen LogP contribution in [-0.4, -0.2) is 15.7 Å². The lowest BCUT2D eigenvalue weighted by Crippen LogP contribution is -2.33. The predicted molar refractivity (Wildman–Crippen MR) is 94.0 cm³/mol. The number of fused-ring (bicyclic) bond motifs is 1. The van der Waals surface area contributed by atoms with E-state index >= 15 is 0 Å². The summed E-state index contributed by atoms with van der Waals surface area (Å²) in [6.45, 7) is 1.99. The Labute approximate surface area is 143 Å². The van der Waals surface area contributed by atoms with Gasteiger partial charge in [-0.25, -0.2) is 4.68 Å². The molecule has 24 heavy (non-hydrogen) atoms. The molecule has 1 heterocycles. The minimum atomic E-state index is -0.292. The first-order valence-corrected chi connectivity index (χ1v) is 7.90. The maximum atomic E-state index is 12.4. The third-order valence-corrected chi connectivity index (χ3v) is 4.15. The van der Waals surface area contributed by atoms with Gasteiger partial charge in [-0.3, -0.25) is 9.59 Å². The van der Waals surface area contributed by atoms with E-state index in [1.54, 1.807) is 18.2 Å². The first kappa shape index (κ1) is 16.2. The molecule has 0 atom stereocenters. The van der Waals surface area contributed by atoms with Crippen LogP contribution >= 0.6 is 11.6 Å². The molecular weight excluding hydrogens is 326 g/mol. The fourth-order valence-electron chi connectivity index (χ4n) is 2.54. The van der Waals surface area contributed by atoms with Crippen molar-refractivity contribution >= 4 is 28.3 Å². The van der Waals surface area contributed by atoms with Crippen LogP contribution in [0.1, 0.15) is 11.3 Å². The van der Waals surface area contributed by atoms with Crippen molar-refractivity contribution in [3.8, 4) is 0 Å². The number of carbonyl (C=O) groups excluding carboxylic acids is 1. The highest BCUT2D eigenvalue weighted by Crippen LogP contribution is 2.14. The molecule has 2 aromatic carbocycles. The highest BCUT2D eigenvalue weighted by atomic mass is 35.5. The molecule has 1 amide bonds. The summed E-state index contributed by atoms with van der Waals surface area (Å²) in [5.74, 6) is -0.292. The summed E-state index contributed by atoms with van der Waals surface area (Å²) >= 11 is 6.06. The molecule has 0 saturated heterocycles. The molecule has 0 aliphatic rings. The van der Waals surface area contributed by atoms with Gasteiger partial charge in [-0.2, -0.15) is 5.10 Å². The maximum absolute atomic E-state index is 12.4. The summed E-state index contributed by atoms with van der Waals surface area (Å²) < 4.78 is 1.19. The second-order valence-electron chi connectivity index (χ2n) is 5.46. The van der Waals surface area contributed by atoms with Crippen LogP contribution in [-0.2, 0) is 17.9 Å². The number of amides is 1. The van der Waals surface area contributed by atoms with E-state index < -0.39 is 0 Å². The lowest BCUT2D eigenvalue weighted by molar-refractivity contribution is -0.122. The Morgan fingerprint density at radius 1 is 1.12 bits per heavy atom. The second-order valence-corrected chi connectivity index (χ2v) is 5.87. The van der Waals surface area contributed by atoms with Crippen molar-refractivity contribution in [1.82, 2.24) is 15.1 Å². The van der Waals surface area contributed by atoms with E-state index in [4.69, 9.17) is 11.6 Å². The molecule has 0 aliphatic carbocycles. The molecule has 0 spiro atoms. The number of carbonyl (C=O) groups is 1. The molecule has 0 unspecified atom stereocenters. The zero-order valence-electron chi connectivity index (χ0n) is 13.1. The lowest BCUT2D eigenvalue weighted by atomic mass is 10.1. The second kappa shape index (κ2) is 6.84. The number of hydrogen-bond acceptors (Lipinski definition) is 3. The van der Waals surface area contributed by atoms with Gasteiger partial charge >= 0.3 is 0 Å². The van der Waals surface area contributed by atoms with E-state index in [1.165, 1.54) is 4.68 Å². The Balaban J connectivity index is 1.77. The van der Waals surface area contributed by atoms with Crippen molar-refractivity contribution in [2.45, 2.75) is 20.0 Å². The molecule has 0 aliphatic heterocycles. The number of rotatable bonds is 4. The van der Waals surface area contributed by atoms with Gasteiger partial charge in [-0.05, 0) is 24.6 Å². The number of hydrogen-bond donors (Lipinski definition) is 1. The Morgan fingerprint density at radius 2 is 1.79 bits per heavy atom. The molecule has 0 bridgehead atoms. The summed E-state index contributed by atoms with van der Waals surface area (Å²) in [6.07, 6.45) is 0. The van der Waals surface area contributed by atoms with Crippen LogP contribution in [0.5, 0.6) is 0 Å². The van der Waals surface area contributed by atoms with E-state index in [0.29, 0.717) is 22.6 Å². The standard InChI is InChI=1S/C18H16ClN3O2/c1-12-14-7-3-4-8-15(14)18(24)22(21-12)11-17(23)20-10-13-6-2-5-9-16(13)19/h2-9H,10-11H2,1H3,(H,20,23). The highest BCUT2D eigenvalue weighted by Gasteiger charge is 2.11. The normalized spacial score (nSPS) is 10.8. The molecule has 3 aromatic rings. The molecule has 3 rings (SSSR count). The van der Waals surface area contributed by atoms with Gasteiger partial charge in [0, 0.05) is 17.0 Å². The molecule has 0 fully saturated rings. The van der Waals surface area contributed by atoms with Crippen LogP contribution in [0.2, 0.25) is 5.02 Å². The highest BCUT2D eigenvalue weighted by molar-refractivity contribution is 6.31. The van der Waals surface area contributed by atoms with Gasteiger partial charge < -0.3 is 5.32 Å². The smallest absolute Gasteiger partial charge is 0.275 e. The summed E-state index contributed by atoms with van der Waals surface area (Å²) in [7, 11) is 0. The Kier molecular flexibility index (Phi) is 4.62. The minimum absolute atomic E-state index is 0.130. The van der Waals surface area contributed by atoms with Crippen LogP contribution in [0.15, 0.2) is 53.3 Å². The van der Waals surface area contributed by atoms with E-state index in [-0.39, 0.29) is 18.0 Å². The number of aromatic nitrogens is 2. The average Bonchev–Trinajstić information content (AvgIpc) is 2.59. The fourth-order valence-corrected chi connectivity index (χ4v) is 2.74. The van der Waals surface area contributed by atoms with Crippen molar-refractivity contribution in [3.63, 3.8) is 0 Å². The zero-order valence-corrected chi connectivity index (χ0v) is 13.9. The monoisotopic (exact) mass is 341 g/mol. The minimum Gasteiger partial charge on any atom is -0.350 e. The molecule has 0 radical (unpaired) electrons. The first-order valence-electron chi connectivity index (χ1n) is 7.53. The number of aryl methyl sites for hydroxylation is 1. The molecule has 1 N–H and O–H groups in total. The molecular formula is C18H16ClN3O2. The van der Waals surface area contributed by atoms with Gasteiger partial charge in [0.25, 0.3) is 5.56 Å². The van der Waals surface area contributed by atoms with E-state index in [0.717, 1.165) is 10.9 Å². The van der Waals surface area contributed by atoms with Crippen molar-refractivity contribution in [2.75, 3.05) is 0 Å². The summed E-state index contributed by atoms with van der Waals surface area (Å²) in [6, 6.07) is 14.5. The number of benzene rings is 2. The summed E-state index contributed by atoms with van der Waals surface area (Å²) in [5, 5.41) is 8.94. The van der Waals surface area contributed by atoms with Gasteiger partial charge in [0.1, 0.15) is 6.54 Å². The topological polar surface area (TPSA) is 64.0 Å². The van der Waals surface area contributed by atoms with Crippen molar-refractivity contribution in [1.29, 1.82) is 0 Å². The summed E-state index contributed by atoms with van der Waals surface area (Å²) in [4.78, 5) is 24.6. The van der Waals surface area contributed by atoms with Crippen LogP contribution in [0.4, 0.5) is 0 Å². The van der Waals surface area contributed by atoms with Gasteiger partial charge in [-0.1, -0.05) is 48.0 Å². The Morgan fingerprint density at radius 3 is 2.54 bits per heavy atom. The van der Waals surface area contributed by atoms with E-state index in [9.17, 15) is 9.59 Å². The fraction of sp³-hybridized carbons (Fsp3) is 0.167. The lowest BCUT2D eigenvalue weighted by Gasteiger charge is -2.10. The van der Waals surface area contributed by atoms with Crippen molar-refractivity contribution < 1.29 is 4.79 Å². The van der Waals surface area contributed by atoms with Crippen LogP contribution in [0.25, 0.3) is 10.8 Å². The van der Waals surface area contributed by atoms with Crippen molar-refractivity contribution in [2.24, 2.45) is 0 Å². The average molecular weight is 342 g/mol. The largest absolute Gasteiger partial charge is 0.350 e. The van der Waals surface area contributed by atoms with Gasteiger partial charge in [0.2, 0.25) is 5.91 Å². The number of halogens is 1.